The molecule has 4 fully saturated rings. The third kappa shape index (κ3) is 1.10. The molecule has 1 aromatic rings. The molecule has 0 unspecified atom stereocenters. The van der Waals surface area contributed by atoms with Crippen molar-refractivity contribution in [2.24, 2.45) is 17.8 Å². The summed E-state index contributed by atoms with van der Waals surface area (Å²) in [5.74, 6) is 3.53. The fourth-order valence-corrected chi connectivity index (χ4v) is 4.82. The number of nitrogen functional groups attached to an aromatic ring is 1. The third-order valence-electron chi connectivity index (χ3n) is 4.93. The molecule has 16 heavy (non-hydrogen) atoms. The highest BCUT2D eigenvalue weighted by Crippen LogP contribution is 2.60. The monoisotopic (exact) mass is 219 g/mol. The maximum absolute atomic E-state index is 5.56. The van der Waals surface area contributed by atoms with Crippen LogP contribution < -0.4 is 5.73 Å². The number of hydrogen-bond donors (Lipinski definition) is 1. The zero-order valence-corrected chi connectivity index (χ0v) is 9.35. The maximum Gasteiger partial charge on any atom is 0.312 e. The van der Waals surface area contributed by atoms with E-state index in [0.29, 0.717) is 0 Å². The van der Waals surface area contributed by atoms with Gasteiger partial charge in [0, 0.05) is 5.41 Å². The predicted octanol–water partition coefficient (Wildman–Crippen LogP) is 2.12. The molecule has 4 heteroatoms. The summed E-state index contributed by atoms with van der Waals surface area (Å²) in [5, 5.41) is 8.00. The van der Waals surface area contributed by atoms with E-state index in [1.54, 1.807) is 0 Å². The largest absolute Gasteiger partial charge is 0.408 e. The first-order chi connectivity index (χ1) is 7.73. The molecule has 2 N–H and O–H groups in total. The van der Waals surface area contributed by atoms with Gasteiger partial charge < -0.3 is 10.2 Å². The Hall–Kier alpha value is -1.06. The number of nitrogens with zero attached hydrogens (tertiary/aromatic N) is 2. The number of anilines is 1. The van der Waals surface area contributed by atoms with E-state index in [1.165, 1.54) is 38.5 Å². The molecule has 5 rings (SSSR count). The van der Waals surface area contributed by atoms with Crippen LogP contribution in [0.3, 0.4) is 0 Å². The van der Waals surface area contributed by atoms with Crippen LogP contribution in [0.25, 0.3) is 0 Å². The van der Waals surface area contributed by atoms with E-state index in [2.05, 4.69) is 10.2 Å². The smallest absolute Gasteiger partial charge is 0.312 e. The molecule has 0 aromatic carbocycles. The Morgan fingerprint density at radius 2 is 1.56 bits per heavy atom. The molecule has 4 aliphatic carbocycles. The van der Waals surface area contributed by atoms with E-state index < -0.39 is 0 Å². The van der Waals surface area contributed by atoms with Crippen molar-refractivity contribution in [2.45, 2.75) is 43.9 Å². The minimum absolute atomic E-state index is 0.194. The van der Waals surface area contributed by atoms with Gasteiger partial charge in [-0.15, -0.1) is 5.10 Å². The van der Waals surface area contributed by atoms with Crippen LogP contribution >= 0.6 is 0 Å². The molecule has 4 nitrogen and oxygen atoms in total. The Morgan fingerprint density at radius 1 is 1.00 bits per heavy atom. The first-order valence-electron chi connectivity index (χ1n) is 6.33. The summed E-state index contributed by atoms with van der Waals surface area (Å²) in [6, 6.07) is 0.228. The van der Waals surface area contributed by atoms with Gasteiger partial charge in [0.25, 0.3) is 0 Å². The highest BCUT2D eigenvalue weighted by molar-refractivity contribution is 5.17. The molecule has 0 aliphatic heterocycles. The lowest BCUT2D eigenvalue weighted by Crippen LogP contribution is -2.48. The summed E-state index contributed by atoms with van der Waals surface area (Å²) in [4.78, 5) is 0. The van der Waals surface area contributed by atoms with Crippen molar-refractivity contribution in [3.63, 3.8) is 0 Å². The molecular weight excluding hydrogens is 202 g/mol. The lowest BCUT2D eigenvalue weighted by Gasteiger charge is -2.55. The summed E-state index contributed by atoms with van der Waals surface area (Å²) >= 11 is 0. The highest BCUT2D eigenvalue weighted by atomic mass is 16.4. The minimum atomic E-state index is 0.194. The van der Waals surface area contributed by atoms with Gasteiger partial charge >= 0.3 is 6.01 Å². The molecule has 0 radical (unpaired) electrons. The molecule has 0 spiro atoms. The van der Waals surface area contributed by atoms with Crippen LogP contribution in [0.1, 0.15) is 44.4 Å². The Kier molecular flexibility index (Phi) is 1.57. The summed E-state index contributed by atoms with van der Waals surface area (Å²) in [7, 11) is 0. The number of nitrogens with two attached hydrogens (primary N) is 1. The van der Waals surface area contributed by atoms with Crippen LogP contribution in [0.5, 0.6) is 0 Å². The van der Waals surface area contributed by atoms with Gasteiger partial charge in [-0.3, -0.25) is 0 Å². The molecule has 0 atom stereocenters. The van der Waals surface area contributed by atoms with Crippen molar-refractivity contribution in [1.82, 2.24) is 10.2 Å². The average Bonchev–Trinajstić information content (AvgIpc) is 2.63. The van der Waals surface area contributed by atoms with Crippen molar-refractivity contribution < 1.29 is 4.42 Å². The van der Waals surface area contributed by atoms with E-state index in [-0.39, 0.29) is 11.4 Å². The molecule has 86 valence electrons. The van der Waals surface area contributed by atoms with Crippen molar-refractivity contribution in [2.75, 3.05) is 5.73 Å². The molecule has 4 bridgehead atoms. The van der Waals surface area contributed by atoms with Gasteiger partial charge in [0.2, 0.25) is 5.89 Å². The van der Waals surface area contributed by atoms with E-state index in [1.807, 2.05) is 0 Å². The second kappa shape index (κ2) is 2.79. The van der Waals surface area contributed by atoms with Gasteiger partial charge in [-0.05, 0) is 56.3 Å². The summed E-state index contributed by atoms with van der Waals surface area (Å²) in [5.41, 5.74) is 5.75. The molecule has 4 aliphatic rings. The Labute approximate surface area is 94.6 Å². The Bertz CT molecular complexity index is 390. The Morgan fingerprint density at radius 3 is 2.00 bits per heavy atom. The van der Waals surface area contributed by atoms with Gasteiger partial charge in [-0.25, -0.2) is 0 Å². The molecule has 4 saturated carbocycles. The molecule has 0 saturated heterocycles. The second-order valence-corrected chi connectivity index (χ2v) is 6.14. The van der Waals surface area contributed by atoms with Crippen LogP contribution in [0, 0.1) is 17.8 Å². The Balaban J connectivity index is 1.76. The summed E-state index contributed by atoms with van der Waals surface area (Å²) < 4.78 is 5.52. The predicted molar refractivity (Wildman–Crippen MR) is 58.6 cm³/mol. The fraction of sp³-hybridized carbons (Fsp3) is 0.833. The molecule has 1 heterocycles. The van der Waals surface area contributed by atoms with Gasteiger partial charge in [-0.2, -0.15) is 0 Å². The van der Waals surface area contributed by atoms with E-state index >= 15 is 0 Å². The van der Waals surface area contributed by atoms with Gasteiger partial charge in [0.1, 0.15) is 0 Å². The van der Waals surface area contributed by atoms with Gasteiger partial charge in [-0.1, -0.05) is 5.10 Å². The first-order valence-corrected chi connectivity index (χ1v) is 6.33. The number of aromatic nitrogens is 2. The van der Waals surface area contributed by atoms with Crippen molar-refractivity contribution in [3.8, 4) is 0 Å². The summed E-state index contributed by atoms with van der Waals surface area (Å²) in [6.07, 6.45) is 8.05. The van der Waals surface area contributed by atoms with Crippen LogP contribution in [-0.4, -0.2) is 10.2 Å². The zero-order chi connectivity index (χ0) is 10.8. The average molecular weight is 219 g/mol. The quantitative estimate of drug-likeness (QED) is 0.785. The maximum atomic E-state index is 5.56. The molecular formula is C12H17N3O. The minimum Gasteiger partial charge on any atom is -0.408 e. The van der Waals surface area contributed by atoms with Crippen LogP contribution in [-0.2, 0) is 5.41 Å². The lowest BCUT2D eigenvalue weighted by atomic mass is 9.49. The van der Waals surface area contributed by atoms with E-state index in [4.69, 9.17) is 10.2 Å². The van der Waals surface area contributed by atoms with Crippen LogP contribution in [0.4, 0.5) is 6.01 Å². The number of hydrogen-bond acceptors (Lipinski definition) is 4. The van der Waals surface area contributed by atoms with Crippen molar-refractivity contribution >= 4 is 6.01 Å². The fourth-order valence-electron chi connectivity index (χ4n) is 4.82. The lowest BCUT2D eigenvalue weighted by molar-refractivity contribution is -0.0175. The normalized spacial score (nSPS) is 45.1. The van der Waals surface area contributed by atoms with Crippen LogP contribution in [0.15, 0.2) is 4.42 Å². The first kappa shape index (κ1) is 9.02. The van der Waals surface area contributed by atoms with Crippen molar-refractivity contribution in [1.29, 1.82) is 0 Å². The second-order valence-electron chi connectivity index (χ2n) is 6.14. The number of rotatable bonds is 1. The third-order valence-corrected chi connectivity index (χ3v) is 4.93. The van der Waals surface area contributed by atoms with Crippen LogP contribution in [0.2, 0.25) is 0 Å². The molecule has 0 amide bonds. The van der Waals surface area contributed by atoms with E-state index in [9.17, 15) is 0 Å². The zero-order valence-electron chi connectivity index (χ0n) is 9.35. The molecule has 1 aromatic heterocycles. The van der Waals surface area contributed by atoms with Gasteiger partial charge in [0.15, 0.2) is 0 Å². The topological polar surface area (TPSA) is 64.9 Å². The SMILES string of the molecule is Nc1nnc(C23CC4CC(CC(C4)C2)C3)o1. The van der Waals surface area contributed by atoms with E-state index in [0.717, 1.165) is 23.6 Å². The van der Waals surface area contributed by atoms with Crippen molar-refractivity contribution in [3.05, 3.63) is 5.89 Å². The highest BCUT2D eigenvalue weighted by Gasteiger charge is 2.54. The summed E-state index contributed by atoms with van der Waals surface area (Å²) in [6.45, 7) is 0. The standard InChI is InChI=1S/C12H17N3O/c13-11-15-14-10(16-11)12-4-7-1-8(5-12)3-9(2-7)6-12/h7-9H,1-6H2,(H2,13,15). The van der Waals surface area contributed by atoms with Gasteiger partial charge in [0.05, 0.1) is 0 Å².